The van der Waals surface area contributed by atoms with Crippen LogP contribution >= 0.6 is 0 Å². The molecule has 2 aromatic rings. The predicted molar refractivity (Wildman–Crippen MR) is 106 cm³/mol. The fourth-order valence-electron chi connectivity index (χ4n) is 2.71. The van der Waals surface area contributed by atoms with Crippen molar-refractivity contribution in [2.75, 3.05) is 14.2 Å². The van der Waals surface area contributed by atoms with Gasteiger partial charge in [0, 0.05) is 13.5 Å². The van der Waals surface area contributed by atoms with Gasteiger partial charge < -0.3 is 25.2 Å². The quantitative estimate of drug-likeness (QED) is 0.412. The second-order valence-corrected chi connectivity index (χ2v) is 6.21. The molecule has 0 saturated carbocycles. The third-order valence-corrected chi connectivity index (χ3v) is 4.23. The lowest BCUT2D eigenvalue weighted by molar-refractivity contribution is -0.157. The van der Waals surface area contributed by atoms with Gasteiger partial charge in [-0.15, -0.1) is 0 Å². The Morgan fingerprint density at radius 1 is 0.900 bits per heavy atom. The SMILES string of the molecule is COC(=O)C(NC(=O)[C@@H](Cc1ccccc1)NC(=O)c1ccccc1C(=O)O)OC. The summed E-state index contributed by atoms with van der Waals surface area (Å²) in [6.45, 7) is 0. The van der Waals surface area contributed by atoms with Gasteiger partial charge in [0.2, 0.25) is 12.1 Å². The average molecular weight is 414 g/mol. The maximum absolute atomic E-state index is 12.8. The number of aromatic carboxylic acids is 1. The Balaban J connectivity index is 2.27. The zero-order valence-corrected chi connectivity index (χ0v) is 16.5. The molecule has 0 saturated heterocycles. The molecule has 0 bridgehead atoms. The van der Waals surface area contributed by atoms with Crippen molar-refractivity contribution in [3.63, 3.8) is 0 Å². The number of rotatable bonds is 9. The molecule has 9 nitrogen and oxygen atoms in total. The molecule has 9 heteroatoms. The molecule has 0 spiro atoms. The van der Waals surface area contributed by atoms with E-state index in [1.165, 1.54) is 31.4 Å². The van der Waals surface area contributed by atoms with E-state index < -0.39 is 36.0 Å². The van der Waals surface area contributed by atoms with Gasteiger partial charge in [0.25, 0.3) is 5.91 Å². The van der Waals surface area contributed by atoms with Crippen LogP contribution in [0.4, 0.5) is 0 Å². The van der Waals surface area contributed by atoms with Crippen molar-refractivity contribution >= 4 is 23.8 Å². The van der Waals surface area contributed by atoms with Gasteiger partial charge in [-0.1, -0.05) is 42.5 Å². The van der Waals surface area contributed by atoms with E-state index in [4.69, 9.17) is 4.74 Å². The number of hydrogen-bond donors (Lipinski definition) is 3. The first kappa shape index (κ1) is 22.6. The fraction of sp³-hybridized carbons (Fsp3) is 0.238. The molecule has 0 aliphatic rings. The number of carboxylic acid groups (broad SMARTS) is 1. The van der Waals surface area contributed by atoms with Crippen molar-refractivity contribution in [3.8, 4) is 0 Å². The molecule has 0 radical (unpaired) electrons. The summed E-state index contributed by atoms with van der Waals surface area (Å²) in [7, 11) is 2.36. The molecule has 0 aliphatic carbocycles. The van der Waals surface area contributed by atoms with E-state index in [2.05, 4.69) is 15.4 Å². The highest BCUT2D eigenvalue weighted by atomic mass is 16.6. The van der Waals surface area contributed by atoms with E-state index in [-0.39, 0.29) is 17.5 Å². The largest absolute Gasteiger partial charge is 0.478 e. The summed E-state index contributed by atoms with van der Waals surface area (Å²) in [5, 5.41) is 14.2. The first-order valence-electron chi connectivity index (χ1n) is 8.95. The van der Waals surface area contributed by atoms with Crippen LogP contribution in [0.2, 0.25) is 0 Å². The molecular weight excluding hydrogens is 392 g/mol. The molecule has 0 fully saturated rings. The van der Waals surface area contributed by atoms with Gasteiger partial charge in [-0.3, -0.25) is 9.59 Å². The Morgan fingerprint density at radius 2 is 1.50 bits per heavy atom. The summed E-state index contributed by atoms with van der Waals surface area (Å²) in [6, 6.07) is 13.4. The lowest BCUT2D eigenvalue weighted by Gasteiger charge is -2.22. The van der Waals surface area contributed by atoms with Crippen molar-refractivity contribution in [2.24, 2.45) is 0 Å². The fourth-order valence-corrected chi connectivity index (χ4v) is 2.71. The van der Waals surface area contributed by atoms with Crippen molar-refractivity contribution in [2.45, 2.75) is 18.7 Å². The van der Waals surface area contributed by atoms with Crippen LogP contribution in [0.5, 0.6) is 0 Å². The molecule has 2 atom stereocenters. The molecule has 2 amide bonds. The molecule has 0 heterocycles. The lowest BCUT2D eigenvalue weighted by atomic mass is 10.0. The third-order valence-electron chi connectivity index (χ3n) is 4.23. The number of methoxy groups -OCH3 is 2. The number of amides is 2. The molecule has 0 aromatic heterocycles. The van der Waals surface area contributed by atoms with Crippen LogP contribution in [0.25, 0.3) is 0 Å². The number of carboxylic acids is 1. The van der Waals surface area contributed by atoms with Crippen LogP contribution in [0.3, 0.4) is 0 Å². The molecule has 158 valence electrons. The van der Waals surface area contributed by atoms with E-state index in [0.717, 1.165) is 12.7 Å². The van der Waals surface area contributed by atoms with Gasteiger partial charge in [0.05, 0.1) is 18.2 Å². The highest BCUT2D eigenvalue weighted by Gasteiger charge is 2.28. The number of carbonyl (C=O) groups excluding carboxylic acids is 3. The maximum Gasteiger partial charge on any atom is 0.356 e. The minimum absolute atomic E-state index is 0.0906. The zero-order valence-electron chi connectivity index (χ0n) is 16.5. The molecule has 30 heavy (non-hydrogen) atoms. The minimum atomic E-state index is -1.36. The smallest absolute Gasteiger partial charge is 0.356 e. The number of hydrogen-bond acceptors (Lipinski definition) is 6. The Kier molecular flexibility index (Phi) is 8.07. The van der Waals surface area contributed by atoms with Gasteiger partial charge in [-0.2, -0.15) is 0 Å². The van der Waals surface area contributed by atoms with Crippen molar-refractivity contribution in [3.05, 3.63) is 71.3 Å². The second kappa shape index (κ2) is 10.7. The van der Waals surface area contributed by atoms with Crippen LogP contribution < -0.4 is 10.6 Å². The summed E-state index contributed by atoms with van der Waals surface area (Å²) < 4.78 is 9.48. The summed E-state index contributed by atoms with van der Waals surface area (Å²) >= 11 is 0. The van der Waals surface area contributed by atoms with E-state index in [1.807, 2.05) is 0 Å². The van der Waals surface area contributed by atoms with Crippen molar-refractivity contribution < 1.29 is 33.8 Å². The lowest BCUT2D eigenvalue weighted by Crippen LogP contribution is -2.53. The van der Waals surface area contributed by atoms with Crippen LogP contribution in [0.1, 0.15) is 26.3 Å². The topological polar surface area (TPSA) is 131 Å². The summed E-state index contributed by atoms with van der Waals surface area (Å²) in [6.07, 6.45) is -1.25. The van der Waals surface area contributed by atoms with Gasteiger partial charge >= 0.3 is 11.9 Å². The number of benzene rings is 2. The van der Waals surface area contributed by atoms with Crippen LogP contribution in [0.15, 0.2) is 54.6 Å². The van der Waals surface area contributed by atoms with Crippen molar-refractivity contribution in [1.29, 1.82) is 0 Å². The Hall–Kier alpha value is -3.72. The standard InChI is InChI=1S/C21H22N2O7/c1-29-19(21(28)30-2)23-18(25)16(12-13-8-4-3-5-9-13)22-17(24)14-10-6-7-11-15(14)20(26)27/h3-11,16,19H,12H2,1-2H3,(H,22,24)(H,23,25)(H,26,27)/t16-,19?/m1/s1. The molecule has 3 N–H and O–H groups in total. The third kappa shape index (κ3) is 5.89. The summed E-state index contributed by atoms with van der Waals surface area (Å²) in [5.41, 5.74) is 0.460. The molecule has 1 unspecified atom stereocenters. The van der Waals surface area contributed by atoms with Crippen LogP contribution in [-0.4, -0.2) is 55.3 Å². The molecule has 2 aromatic carbocycles. The van der Waals surface area contributed by atoms with Crippen molar-refractivity contribution in [1.82, 2.24) is 10.6 Å². The van der Waals surface area contributed by atoms with Crippen LogP contribution in [0, 0.1) is 0 Å². The summed E-state index contributed by atoms with van der Waals surface area (Å²) in [5.74, 6) is -3.52. The predicted octanol–water partition coefficient (Wildman–Crippen LogP) is 0.988. The van der Waals surface area contributed by atoms with Gasteiger partial charge in [-0.25, -0.2) is 9.59 Å². The van der Waals surface area contributed by atoms with Gasteiger partial charge in [-0.05, 0) is 17.7 Å². The van der Waals surface area contributed by atoms with E-state index in [9.17, 15) is 24.3 Å². The van der Waals surface area contributed by atoms with Gasteiger partial charge in [0.1, 0.15) is 6.04 Å². The Bertz CT molecular complexity index is 915. The average Bonchev–Trinajstić information content (AvgIpc) is 2.76. The monoisotopic (exact) mass is 414 g/mol. The van der Waals surface area contributed by atoms with Crippen LogP contribution in [-0.2, 0) is 25.5 Å². The zero-order chi connectivity index (χ0) is 22.1. The van der Waals surface area contributed by atoms with E-state index in [0.29, 0.717) is 0 Å². The van der Waals surface area contributed by atoms with Gasteiger partial charge in [0.15, 0.2) is 0 Å². The summed E-state index contributed by atoms with van der Waals surface area (Å²) in [4.78, 5) is 48.6. The van der Waals surface area contributed by atoms with E-state index >= 15 is 0 Å². The molecular formula is C21H22N2O7. The Labute approximate surface area is 173 Å². The Morgan fingerprint density at radius 3 is 2.07 bits per heavy atom. The highest BCUT2D eigenvalue weighted by molar-refractivity contribution is 6.06. The van der Waals surface area contributed by atoms with E-state index in [1.54, 1.807) is 30.3 Å². The number of carbonyl (C=O) groups is 4. The number of esters is 1. The minimum Gasteiger partial charge on any atom is -0.478 e. The molecule has 2 rings (SSSR count). The first-order chi connectivity index (χ1) is 14.4. The first-order valence-corrected chi connectivity index (χ1v) is 8.95. The number of ether oxygens (including phenoxy) is 2. The molecule has 0 aliphatic heterocycles. The number of nitrogens with one attached hydrogen (secondary N) is 2. The normalized spacial score (nSPS) is 12.3. The second-order valence-electron chi connectivity index (χ2n) is 6.21. The highest BCUT2D eigenvalue weighted by Crippen LogP contribution is 2.11. The maximum atomic E-state index is 12.8.